The number of unbranched alkanes of at least 4 members (excludes halogenated alkanes) is 11. The highest BCUT2D eigenvalue weighted by atomic mass is 16.3. The second-order valence-corrected chi connectivity index (χ2v) is 5.49. The number of rotatable bonds is 13. The molecule has 0 aromatic rings. The monoisotopic (exact) mass is 350 g/mol. The largest absolute Gasteiger partial charge is 0.396 e. The van der Waals surface area contributed by atoms with Crippen molar-refractivity contribution in [1.82, 2.24) is 0 Å². The van der Waals surface area contributed by atoms with Crippen LogP contribution in [0.5, 0.6) is 0 Å². The van der Waals surface area contributed by atoms with E-state index in [1.165, 1.54) is 64.2 Å². The molecule has 0 aromatic carbocycles. The van der Waals surface area contributed by atoms with Crippen LogP contribution in [0.25, 0.3) is 0 Å². The summed E-state index contributed by atoms with van der Waals surface area (Å²) in [6, 6.07) is -1.67. The minimum absolute atomic E-state index is 0.355. The van der Waals surface area contributed by atoms with Gasteiger partial charge in [-0.05, 0) is 12.8 Å². The van der Waals surface area contributed by atoms with Crippen molar-refractivity contribution in [2.75, 3.05) is 13.2 Å². The number of hydrogen-bond donors (Lipinski definition) is 6. The predicted molar refractivity (Wildman–Crippen MR) is 97.1 cm³/mol. The minimum atomic E-state index is -0.833. The molecule has 8 heteroatoms. The Hall–Kier alpha value is -1.54. The van der Waals surface area contributed by atoms with E-state index in [0.717, 1.165) is 12.8 Å². The van der Waals surface area contributed by atoms with Gasteiger partial charge in [-0.3, -0.25) is 0 Å². The first kappa shape index (κ1) is 27.3. The Kier molecular flexibility index (Phi) is 30.0. The molecule has 0 radical (unpaired) electrons. The zero-order valence-corrected chi connectivity index (χ0v) is 14.9. The first-order valence-corrected chi connectivity index (χ1v) is 8.70. The van der Waals surface area contributed by atoms with E-state index in [4.69, 9.17) is 19.8 Å². The van der Waals surface area contributed by atoms with Crippen LogP contribution in [0.4, 0.5) is 9.59 Å². The van der Waals surface area contributed by atoms with Crippen molar-refractivity contribution in [2.24, 2.45) is 22.9 Å². The summed E-state index contributed by atoms with van der Waals surface area (Å²) in [4.78, 5) is 18.0. The Morgan fingerprint density at radius 3 is 0.708 bits per heavy atom. The molecule has 8 nitrogen and oxygen atoms in total. The molecule has 146 valence electrons. The van der Waals surface area contributed by atoms with E-state index >= 15 is 0 Å². The Bertz CT molecular complexity index is 232. The highest BCUT2D eigenvalue weighted by Gasteiger charge is 1.93. The third-order valence-electron chi connectivity index (χ3n) is 3.07. The summed E-state index contributed by atoms with van der Waals surface area (Å²) in [6.45, 7) is 0.710. The fraction of sp³-hybridized carbons (Fsp3) is 0.875. The molecule has 0 aromatic heterocycles. The van der Waals surface area contributed by atoms with Gasteiger partial charge in [0.1, 0.15) is 0 Å². The third-order valence-corrected chi connectivity index (χ3v) is 3.07. The maximum atomic E-state index is 9.00. The second kappa shape index (κ2) is 26.4. The molecule has 0 fully saturated rings. The number of amides is 4. The Labute approximate surface area is 145 Å². The molecule has 0 unspecified atom stereocenters. The van der Waals surface area contributed by atoms with E-state index in [0.29, 0.717) is 13.2 Å². The average Bonchev–Trinajstić information content (AvgIpc) is 2.47. The molecule has 0 spiro atoms. The van der Waals surface area contributed by atoms with Crippen LogP contribution in [0.2, 0.25) is 0 Å². The third kappa shape index (κ3) is 59.0. The molecule has 0 aliphatic rings. The van der Waals surface area contributed by atoms with Gasteiger partial charge in [0.2, 0.25) is 0 Å². The summed E-state index contributed by atoms with van der Waals surface area (Å²) in [5.41, 5.74) is 17.0. The number of primary amides is 4. The first-order chi connectivity index (χ1) is 11.4. The van der Waals surface area contributed by atoms with Crippen molar-refractivity contribution in [3.63, 3.8) is 0 Å². The number of hydrogen-bond acceptors (Lipinski definition) is 4. The zero-order chi connectivity index (χ0) is 19.1. The molecule has 0 aliphatic heterocycles. The summed E-state index contributed by atoms with van der Waals surface area (Å²) >= 11 is 0. The fourth-order valence-electron chi connectivity index (χ4n) is 1.99. The van der Waals surface area contributed by atoms with Gasteiger partial charge < -0.3 is 33.1 Å². The van der Waals surface area contributed by atoms with E-state index in [2.05, 4.69) is 22.9 Å². The lowest BCUT2D eigenvalue weighted by Gasteiger charge is -2.02. The topological polar surface area (TPSA) is 179 Å². The lowest BCUT2D eigenvalue weighted by Crippen LogP contribution is -2.18. The van der Waals surface area contributed by atoms with Crippen molar-refractivity contribution in [2.45, 2.75) is 77.0 Å². The number of nitrogens with two attached hydrogens (primary N) is 4. The molecular formula is C16H38N4O4. The Morgan fingerprint density at radius 1 is 0.458 bits per heavy atom. The van der Waals surface area contributed by atoms with E-state index < -0.39 is 12.1 Å². The van der Waals surface area contributed by atoms with Crippen LogP contribution in [0.15, 0.2) is 0 Å². The quantitative estimate of drug-likeness (QED) is 0.277. The van der Waals surface area contributed by atoms with Gasteiger partial charge in [0.05, 0.1) is 0 Å². The summed E-state index contributed by atoms with van der Waals surface area (Å²) < 4.78 is 0. The van der Waals surface area contributed by atoms with Gasteiger partial charge in [0.15, 0.2) is 0 Å². The fourth-order valence-corrected chi connectivity index (χ4v) is 1.99. The molecule has 0 rings (SSSR count). The number of aliphatic hydroxyl groups is 2. The van der Waals surface area contributed by atoms with Crippen LogP contribution < -0.4 is 22.9 Å². The van der Waals surface area contributed by atoms with Crippen LogP contribution in [0.3, 0.4) is 0 Å². The van der Waals surface area contributed by atoms with E-state index in [1.54, 1.807) is 0 Å². The first-order valence-electron chi connectivity index (χ1n) is 8.70. The number of aliphatic hydroxyl groups excluding tert-OH is 2. The number of carbonyl (C=O) groups is 2. The molecule has 0 bridgehead atoms. The maximum absolute atomic E-state index is 9.00. The molecular weight excluding hydrogens is 312 g/mol. The molecule has 10 N–H and O–H groups in total. The minimum Gasteiger partial charge on any atom is -0.396 e. The summed E-state index contributed by atoms with van der Waals surface area (Å²) in [7, 11) is 0. The van der Waals surface area contributed by atoms with Gasteiger partial charge in [-0.25, -0.2) is 9.59 Å². The van der Waals surface area contributed by atoms with Gasteiger partial charge in [0.25, 0.3) is 0 Å². The van der Waals surface area contributed by atoms with Gasteiger partial charge >= 0.3 is 12.1 Å². The maximum Gasteiger partial charge on any atom is 0.309 e. The van der Waals surface area contributed by atoms with Crippen molar-refractivity contribution >= 4 is 12.1 Å². The van der Waals surface area contributed by atoms with Gasteiger partial charge in [-0.2, -0.15) is 0 Å². The lowest BCUT2D eigenvalue weighted by atomic mass is 10.1. The molecule has 0 heterocycles. The van der Waals surface area contributed by atoms with Crippen molar-refractivity contribution in [1.29, 1.82) is 0 Å². The van der Waals surface area contributed by atoms with E-state index in [-0.39, 0.29) is 0 Å². The van der Waals surface area contributed by atoms with E-state index in [1.807, 2.05) is 0 Å². The normalized spacial score (nSPS) is 9.25. The Balaban J connectivity index is -0.000000457. The van der Waals surface area contributed by atoms with Gasteiger partial charge in [-0.1, -0.05) is 64.2 Å². The summed E-state index contributed by atoms with van der Waals surface area (Å²) in [5, 5.41) is 17.2. The zero-order valence-electron chi connectivity index (χ0n) is 14.9. The predicted octanol–water partition coefficient (Wildman–Crippen LogP) is 1.70. The van der Waals surface area contributed by atoms with Crippen LogP contribution >= 0.6 is 0 Å². The Morgan fingerprint density at radius 2 is 0.583 bits per heavy atom. The molecule has 0 aliphatic carbocycles. The smallest absolute Gasteiger partial charge is 0.309 e. The van der Waals surface area contributed by atoms with Crippen molar-refractivity contribution in [3.05, 3.63) is 0 Å². The van der Waals surface area contributed by atoms with Crippen LogP contribution in [0.1, 0.15) is 77.0 Å². The van der Waals surface area contributed by atoms with Gasteiger partial charge in [0, 0.05) is 13.2 Å². The van der Waals surface area contributed by atoms with Gasteiger partial charge in [-0.15, -0.1) is 0 Å². The summed E-state index contributed by atoms with van der Waals surface area (Å²) in [5.74, 6) is 0. The van der Waals surface area contributed by atoms with Crippen LogP contribution in [-0.4, -0.2) is 35.5 Å². The van der Waals surface area contributed by atoms with Crippen LogP contribution in [-0.2, 0) is 0 Å². The lowest BCUT2D eigenvalue weighted by molar-refractivity contribution is 0.255. The molecule has 0 saturated heterocycles. The molecule has 0 atom stereocenters. The molecule has 0 saturated carbocycles. The average molecular weight is 351 g/mol. The highest BCUT2D eigenvalue weighted by Crippen LogP contribution is 2.11. The number of carbonyl (C=O) groups excluding carboxylic acids is 2. The summed E-state index contributed by atoms with van der Waals surface area (Å²) in [6.07, 6.45) is 15.1. The standard InChI is InChI=1S/C14H30O2.2CH4N2O/c15-13-11-9-7-5-3-1-2-4-6-8-10-12-14-16;2*2-1(3)4/h15-16H,1-14H2;2*(H4,2,3,4). The van der Waals surface area contributed by atoms with E-state index in [9.17, 15) is 0 Å². The molecule has 24 heavy (non-hydrogen) atoms. The van der Waals surface area contributed by atoms with Crippen molar-refractivity contribution < 1.29 is 19.8 Å². The van der Waals surface area contributed by atoms with Crippen LogP contribution in [0, 0.1) is 0 Å². The second-order valence-electron chi connectivity index (χ2n) is 5.49. The van der Waals surface area contributed by atoms with Crippen molar-refractivity contribution in [3.8, 4) is 0 Å². The molecule has 4 amide bonds. The highest BCUT2D eigenvalue weighted by molar-refractivity contribution is 5.69. The number of urea groups is 2. The SMILES string of the molecule is NC(N)=O.NC(N)=O.OCCCCCCCCCCCCCCO.